The first-order valence-electron chi connectivity index (χ1n) is 7.13. The number of benzene rings is 1. The molecule has 1 aromatic heterocycles. The van der Waals surface area contributed by atoms with Gasteiger partial charge in [0.15, 0.2) is 0 Å². The van der Waals surface area contributed by atoms with E-state index in [-0.39, 0.29) is 11.2 Å². The molecule has 0 saturated carbocycles. The highest BCUT2D eigenvalue weighted by Crippen LogP contribution is 2.18. The van der Waals surface area contributed by atoms with Crippen molar-refractivity contribution in [3.8, 4) is 0 Å². The molecule has 3 nitrogen and oxygen atoms in total. The Morgan fingerprint density at radius 2 is 1.95 bits per heavy atom. The van der Waals surface area contributed by atoms with Gasteiger partial charge >= 0.3 is 0 Å². The van der Waals surface area contributed by atoms with Crippen LogP contribution in [0.25, 0.3) is 0 Å². The van der Waals surface area contributed by atoms with E-state index >= 15 is 0 Å². The summed E-state index contributed by atoms with van der Waals surface area (Å²) < 4.78 is 5.27. The molecule has 2 rings (SSSR count). The molecular formula is C17H21NO2S. The largest absolute Gasteiger partial charge is 0.468 e. The first-order valence-corrected chi connectivity index (χ1v) is 8.18. The summed E-state index contributed by atoms with van der Waals surface area (Å²) in [6.45, 7) is 4.71. The highest BCUT2D eigenvalue weighted by Gasteiger charge is 2.15. The van der Waals surface area contributed by atoms with Crippen LogP contribution in [0.15, 0.2) is 53.1 Å². The van der Waals surface area contributed by atoms with Gasteiger partial charge < -0.3 is 9.73 Å². The topological polar surface area (TPSA) is 42.2 Å². The van der Waals surface area contributed by atoms with E-state index in [1.165, 1.54) is 5.56 Å². The van der Waals surface area contributed by atoms with Crippen LogP contribution in [0.3, 0.4) is 0 Å². The number of furan rings is 1. The van der Waals surface area contributed by atoms with Crippen molar-refractivity contribution in [3.63, 3.8) is 0 Å². The Hall–Kier alpha value is -1.68. The molecule has 2 aromatic rings. The van der Waals surface area contributed by atoms with E-state index in [1.54, 1.807) is 18.0 Å². The van der Waals surface area contributed by atoms with Gasteiger partial charge in [-0.25, -0.2) is 0 Å². The minimum absolute atomic E-state index is 0.0781. The molecule has 0 aliphatic rings. The molecule has 1 N–H and O–H groups in total. The fourth-order valence-corrected chi connectivity index (χ4v) is 2.79. The predicted octanol–water partition coefficient (Wildman–Crippen LogP) is 3.82. The molecule has 0 fully saturated rings. The van der Waals surface area contributed by atoms with E-state index in [4.69, 9.17) is 4.42 Å². The van der Waals surface area contributed by atoms with Crippen molar-refractivity contribution < 1.29 is 9.21 Å². The number of thioether (sulfide) groups is 1. The van der Waals surface area contributed by atoms with Gasteiger partial charge in [0.05, 0.1) is 17.3 Å². The van der Waals surface area contributed by atoms with Crippen molar-refractivity contribution in [3.05, 3.63) is 60.1 Å². The second-order valence-electron chi connectivity index (χ2n) is 5.09. The maximum Gasteiger partial charge on any atom is 0.232 e. The molecule has 2 unspecified atom stereocenters. The van der Waals surface area contributed by atoms with Gasteiger partial charge in [-0.1, -0.05) is 37.3 Å². The summed E-state index contributed by atoms with van der Waals surface area (Å²) in [6, 6.07) is 14.0. The number of hydrogen-bond donors (Lipinski definition) is 1. The zero-order valence-corrected chi connectivity index (χ0v) is 13.2. The van der Waals surface area contributed by atoms with Gasteiger partial charge in [0.1, 0.15) is 5.76 Å². The zero-order chi connectivity index (χ0) is 15.1. The summed E-state index contributed by atoms with van der Waals surface area (Å²) in [5.74, 6) is 2.01. The molecule has 21 heavy (non-hydrogen) atoms. The summed E-state index contributed by atoms with van der Waals surface area (Å²) in [7, 11) is 0. The van der Waals surface area contributed by atoms with Crippen LogP contribution in [0.4, 0.5) is 0 Å². The lowest BCUT2D eigenvalue weighted by molar-refractivity contribution is -0.120. The van der Waals surface area contributed by atoms with Crippen LogP contribution < -0.4 is 5.32 Å². The van der Waals surface area contributed by atoms with Crippen molar-refractivity contribution >= 4 is 17.7 Å². The number of rotatable bonds is 7. The van der Waals surface area contributed by atoms with Crippen LogP contribution in [0, 0.1) is 0 Å². The Kier molecular flexibility index (Phi) is 5.93. The van der Waals surface area contributed by atoms with Crippen LogP contribution in [0.2, 0.25) is 0 Å². The minimum atomic E-state index is -0.0851. The van der Waals surface area contributed by atoms with Crippen LogP contribution >= 0.6 is 11.8 Å². The molecule has 2 atom stereocenters. The molecule has 0 bridgehead atoms. The summed E-state index contributed by atoms with van der Waals surface area (Å²) in [5.41, 5.74) is 1.24. The standard InChI is InChI=1S/C17H21NO2S/c1-13(15-7-4-3-5-8-15)11-18-17(19)14(2)21-12-16-9-6-10-20-16/h3-10,13-14H,11-12H2,1-2H3,(H,18,19). The molecule has 4 heteroatoms. The quantitative estimate of drug-likeness (QED) is 0.845. The van der Waals surface area contributed by atoms with Crippen molar-refractivity contribution in [2.45, 2.75) is 30.8 Å². The van der Waals surface area contributed by atoms with E-state index in [0.717, 1.165) is 11.5 Å². The highest BCUT2D eigenvalue weighted by molar-refractivity contribution is 7.99. The van der Waals surface area contributed by atoms with Crippen LogP contribution in [-0.4, -0.2) is 17.7 Å². The second kappa shape index (κ2) is 7.93. The number of carbonyl (C=O) groups is 1. The summed E-state index contributed by atoms with van der Waals surface area (Å²) >= 11 is 1.58. The van der Waals surface area contributed by atoms with Crippen molar-refractivity contribution in [2.24, 2.45) is 0 Å². The van der Waals surface area contributed by atoms with Gasteiger partial charge in [0.2, 0.25) is 5.91 Å². The van der Waals surface area contributed by atoms with E-state index in [9.17, 15) is 4.79 Å². The van der Waals surface area contributed by atoms with E-state index in [1.807, 2.05) is 37.3 Å². The number of nitrogens with one attached hydrogen (secondary N) is 1. The Morgan fingerprint density at radius 3 is 2.62 bits per heavy atom. The van der Waals surface area contributed by atoms with Gasteiger partial charge in [0, 0.05) is 6.54 Å². The molecule has 0 radical (unpaired) electrons. The van der Waals surface area contributed by atoms with Gasteiger partial charge in [-0.2, -0.15) is 0 Å². The van der Waals surface area contributed by atoms with Crippen LogP contribution in [0.5, 0.6) is 0 Å². The van der Waals surface area contributed by atoms with Gasteiger partial charge in [0.25, 0.3) is 0 Å². The minimum Gasteiger partial charge on any atom is -0.468 e. The maximum atomic E-state index is 12.1. The first-order chi connectivity index (χ1) is 10.2. The lowest BCUT2D eigenvalue weighted by Gasteiger charge is -2.15. The number of amides is 1. The summed E-state index contributed by atoms with van der Waals surface area (Å²) in [5, 5.41) is 2.94. The molecule has 0 saturated heterocycles. The molecule has 0 aliphatic carbocycles. The van der Waals surface area contributed by atoms with Gasteiger partial charge in [-0.05, 0) is 30.5 Å². The Balaban J connectivity index is 1.73. The molecule has 0 spiro atoms. The molecule has 1 heterocycles. The van der Waals surface area contributed by atoms with E-state index in [0.29, 0.717) is 12.5 Å². The van der Waals surface area contributed by atoms with Gasteiger partial charge in [-0.3, -0.25) is 4.79 Å². The average molecular weight is 303 g/mol. The summed E-state index contributed by atoms with van der Waals surface area (Å²) in [4.78, 5) is 12.1. The second-order valence-corrected chi connectivity index (χ2v) is 6.42. The van der Waals surface area contributed by atoms with Crippen LogP contribution in [-0.2, 0) is 10.5 Å². The molecule has 1 aromatic carbocycles. The molecule has 112 valence electrons. The Morgan fingerprint density at radius 1 is 1.19 bits per heavy atom. The normalized spacial score (nSPS) is 13.6. The number of carbonyl (C=O) groups excluding carboxylic acids is 1. The smallest absolute Gasteiger partial charge is 0.232 e. The number of hydrogen-bond acceptors (Lipinski definition) is 3. The van der Waals surface area contributed by atoms with E-state index < -0.39 is 0 Å². The fourth-order valence-electron chi connectivity index (χ4n) is 1.97. The van der Waals surface area contributed by atoms with Gasteiger partial charge in [-0.15, -0.1) is 11.8 Å². The maximum absolute atomic E-state index is 12.1. The monoisotopic (exact) mass is 303 g/mol. The fraction of sp³-hybridized carbons (Fsp3) is 0.353. The van der Waals surface area contributed by atoms with Crippen molar-refractivity contribution in [1.29, 1.82) is 0 Å². The lowest BCUT2D eigenvalue weighted by atomic mass is 10.0. The SMILES string of the molecule is CC(SCc1ccco1)C(=O)NCC(C)c1ccccc1. The Bertz CT molecular complexity index is 539. The average Bonchev–Trinajstić information content (AvgIpc) is 3.04. The predicted molar refractivity (Wildman–Crippen MR) is 87.3 cm³/mol. The lowest BCUT2D eigenvalue weighted by Crippen LogP contribution is -2.33. The third kappa shape index (κ3) is 4.97. The molecule has 0 aliphatic heterocycles. The Labute approximate surface area is 130 Å². The summed E-state index contributed by atoms with van der Waals surface area (Å²) in [6.07, 6.45) is 1.65. The highest BCUT2D eigenvalue weighted by atomic mass is 32.2. The van der Waals surface area contributed by atoms with Crippen molar-refractivity contribution in [1.82, 2.24) is 5.32 Å². The molecular weight excluding hydrogens is 282 g/mol. The van der Waals surface area contributed by atoms with Crippen molar-refractivity contribution in [2.75, 3.05) is 6.54 Å². The zero-order valence-electron chi connectivity index (χ0n) is 12.4. The third-order valence-electron chi connectivity index (χ3n) is 3.38. The third-order valence-corrected chi connectivity index (χ3v) is 4.54. The van der Waals surface area contributed by atoms with E-state index in [2.05, 4.69) is 24.4 Å². The molecule has 1 amide bonds. The van der Waals surface area contributed by atoms with Crippen LogP contribution in [0.1, 0.15) is 31.1 Å². The first kappa shape index (κ1) is 15.7.